The zero-order valence-corrected chi connectivity index (χ0v) is 12.9. The van der Waals surface area contributed by atoms with E-state index in [9.17, 15) is 0 Å². The lowest BCUT2D eigenvalue weighted by atomic mass is 10.2. The minimum Gasteiger partial charge on any atom is -0.381 e. The molecule has 0 amide bonds. The number of hydrogen-bond donors (Lipinski definition) is 0. The van der Waals surface area contributed by atoms with Crippen molar-refractivity contribution in [3.05, 3.63) is 84.3 Å². The summed E-state index contributed by atoms with van der Waals surface area (Å²) < 4.78 is 2.33. The average Bonchev–Trinajstić information content (AvgIpc) is 2.83. The van der Waals surface area contributed by atoms with Gasteiger partial charge in [-0.1, -0.05) is 68.2 Å². The third-order valence-electron chi connectivity index (χ3n) is 3.04. The van der Waals surface area contributed by atoms with Gasteiger partial charge in [0.2, 0.25) is 0 Å². The summed E-state index contributed by atoms with van der Waals surface area (Å²) in [6.45, 7) is 6.98. The van der Waals surface area contributed by atoms with Gasteiger partial charge in [0.05, 0.1) is 0 Å². The van der Waals surface area contributed by atoms with Crippen LogP contribution in [-0.2, 0) is 0 Å². The van der Waals surface area contributed by atoms with E-state index >= 15 is 0 Å². The Kier molecular flexibility index (Phi) is 4.22. The Hall–Kier alpha value is -1.80. The van der Waals surface area contributed by atoms with Crippen molar-refractivity contribution in [2.24, 2.45) is 0 Å². The van der Waals surface area contributed by atoms with Gasteiger partial charge in [0.15, 0.2) is 8.24 Å². The van der Waals surface area contributed by atoms with Crippen molar-refractivity contribution in [2.75, 3.05) is 0 Å². The lowest BCUT2D eigenvalue weighted by Crippen LogP contribution is -2.38. The van der Waals surface area contributed by atoms with E-state index < -0.39 is 8.24 Å². The van der Waals surface area contributed by atoms with Crippen molar-refractivity contribution in [1.82, 2.24) is 4.57 Å². The molecule has 1 heterocycles. The van der Waals surface area contributed by atoms with Gasteiger partial charge in [-0.3, -0.25) is 0 Å². The molecular formula is C17H21NSi. The maximum absolute atomic E-state index is 2.33. The highest BCUT2D eigenvalue weighted by Gasteiger charge is 2.18. The minimum absolute atomic E-state index is 1.17. The molecule has 1 aliphatic heterocycles. The van der Waals surface area contributed by atoms with Gasteiger partial charge in [0.1, 0.15) is 0 Å². The van der Waals surface area contributed by atoms with Crippen LogP contribution in [0.15, 0.2) is 84.3 Å². The zero-order valence-electron chi connectivity index (χ0n) is 11.9. The summed E-state index contributed by atoms with van der Waals surface area (Å²) in [4.78, 5) is 0. The van der Waals surface area contributed by atoms with Crippen molar-refractivity contribution in [3.63, 3.8) is 0 Å². The molecule has 0 bridgehead atoms. The number of rotatable bonds is 1. The van der Waals surface area contributed by atoms with E-state index in [1.54, 1.807) is 0 Å². The highest BCUT2D eigenvalue weighted by molar-refractivity contribution is 6.73. The van der Waals surface area contributed by atoms with E-state index in [0.29, 0.717) is 0 Å². The zero-order chi connectivity index (χ0) is 13.7. The van der Waals surface area contributed by atoms with Gasteiger partial charge >= 0.3 is 0 Å². The van der Waals surface area contributed by atoms with E-state index in [0.717, 1.165) is 0 Å². The van der Waals surface area contributed by atoms with Crippen molar-refractivity contribution in [2.45, 2.75) is 19.6 Å². The minimum atomic E-state index is -1.17. The Bertz CT molecular complexity index is 492. The smallest absolute Gasteiger partial charge is 0.152 e. The Balaban J connectivity index is 0.000000146. The first-order chi connectivity index (χ1) is 9.07. The van der Waals surface area contributed by atoms with Crippen LogP contribution >= 0.6 is 0 Å². The molecule has 0 fully saturated rings. The molecule has 0 radical (unpaired) electrons. The van der Waals surface area contributed by atoms with Crippen LogP contribution in [0.5, 0.6) is 0 Å². The molecule has 19 heavy (non-hydrogen) atoms. The summed E-state index contributed by atoms with van der Waals surface area (Å²) >= 11 is 0. The Morgan fingerprint density at radius 3 is 1.58 bits per heavy atom. The number of allylic oxidation sites excluding steroid dienone is 12. The van der Waals surface area contributed by atoms with Gasteiger partial charge in [-0.25, -0.2) is 0 Å². The number of nitrogens with zero attached hydrogens (tertiary/aromatic N) is 1. The van der Waals surface area contributed by atoms with Crippen LogP contribution < -0.4 is 0 Å². The fourth-order valence-corrected chi connectivity index (χ4v) is 2.98. The summed E-state index contributed by atoms with van der Waals surface area (Å²) in [5.41, 5.74) is 2.70. The lowest BCUT2D eigenvalue weighted by molar-refractivity contribution is 0.764. The Morgan fingerprint density at radius 2 is 1.16 bits per heavy atom. The monoisotopic (exact) mass is 267 g/mol. The van der Waals surface area contributed by atoms with Crippen LogP contribution in [0.2, 0.25) is 19.6 Å². The molecule has 0 atom stereocenters. The predicted molar refractivity (Wildman–Crippen MR) is 87.1 cm³/mol. The molecule has 0 saturated carbocycles. The normalized spacial score (nSPS) is 18.8. The largest absolute Gasteiger partial charge is 0.381 e. The van der Waals surface area contributed by atoms with Crippen LogP contribution in [0.4, 0.5) is 0 Å². The molecule has 2 aliphatic carbocycles. The quantitative estimate of drug-likeness (QED) is 0.622. The molecule has 0 unspecified atom stereocenters. The maximum Gasteiger partial charge on any atom is 0.152 e. The molecule has 1 nitrogen and oxygen atoms in total. The number of fused-ring (bicyclic) bond motifs is 1. The van der Waals surface area contributed by atoms with Crippen molar-refractivity contribution < 1.29 is 0 Å². The van der Waals surface area contributed by atoms with Gasteiger partial charge in [-0.05, 0) is 35.7 Å². The first kappa shape index (κ1) is 13.6. The van der Waals surface area contributed by atoms with Gasteiger partial charge in [-0.2, -0.15) is 0 Å². The highest BCUT2D eigenvalue weighted by Crippen LogP contribution is 2.23. The van der Waals surface area contributed by atoms with Crippen molar-refractivity contribution in [1.29, 1.82) is 0 Å². The van der Waals surface area contributed by atoms with E-state index in [4.69, 9.17) is 0 Å². The fourth-order valence-electron chi connectivity index (χ4n) is 1.92. The molecule has 0 N–H and O–H groups in total. The van der Waals surface area contributed by atoms with Crippen molar-refractivity contribution in [3.8, 4) is 0 Å². The third-order valence-corrected chi connectivity index (χ3v) is 4.89. The van der Waals surface area contributed by atoms with Crippen LogP contribution in [-0.4, -0.2) is 12.8 Å². The predicted octanol–water partition coefficient (Wildman–Crippen LogP) is 4.70. The second kappa shape index (κ2) is 5.89. The average molecular weight is 267 g/mol. The van der Waals surface area contributed by atoms with Gasteiger partial charge in [0, 0.05) is 0 Å². The Morgan fingerprint density at radius 1 is 0.684 bits per heavy atom. The SMILES string of the molecule is C1=CC2=CC=CC2=C1.C[Si](C)(C)N1C=CC=CC=C1. The molecule has 0 saturated heterocycles. The molecular weight excluding hydrogens is 246 g/mol. The molecule has 0 spiro atoms. The van der Waals surface area contributed by atoms with Crippen LogP contribution in [0.25, 0.3) is 0 Å². The second-order valence-electron chi connectivity index (χ2n) is 5.61. The van der Waals surface area contributed by atoms with E-state index in [1.807, 2.05) is 0 Å². The van der Waals surface area contributed by atoms with Gasteiger partial charge in [0.25, 0.3) is 0 Å². The standard InChI is InChI=1S/C9H15NSi.C8H6/c1-11(2,3)10-8-6-4-5-7-9-10;1-3-7-5-2-6-8(7)4-1/h4-9H,1-3H3;1-6H. The van der Waals surface area contributed by atoms with Crippen molar-refractivity contribution >= 4 is 8.24 Å². The summed E-state index contributed by atoms with van der Waals surface area (Å²) in [6, 6.07) is 0. The van der Waals surface area contributed by atoms with Gasteiger partial charge in [-0.15, -0.1) is 0 Å². The molecule has 0 aromatic heterocycles. The van der Waals surface area contributed by atoms with E-state index in [-0.39, 0.29) is 0 Å². The Labute approximate surface area is 117 Å². The topological polar surface area (TPSA) is 3.24 Å². The van der Waals surface area contributed by atoms with Gasteiger partial charge < -0.3 is 4.57 Å². The van der Waals surface area contributed by atoms with Crippen LogP contribution in [0, 0.1) is 0 Å². The molecule has 3 rings (SSSR count). The highest BCUT2D eigenvalue weighted by atomic mass is 28.3. The van der Waals surface area contributed by atoms with Crippen LogP contribution in [0.1, 0.15) is 0 Å². The maximum atomic E-state index is 2.33. The van der Waals surface area contributed by atoms with E-state index in [1.165, 1.54) is 11.1 Å². The summed E-state index contributed by atoms with van der Waals surface area (Å²) in [5, 5.41) is 0. The summed E-state index contributed by atoms with van der Waals surface area (Å²) in [7, 11) is -1.17. The second-order valence-corrected chi connectivity index (χ2v) is 10.5. The van der Waals surface area contributed by atoms with E-state index in [2.05, 4.69) is 97.4 Å². The molecule has 98 valence electrons. The third kappa shape index (κ3) is 3.83. The molecule has 0 aromatic carbocycles. The summed E-state index contributed by atoms with van der Waals surface area (Å²) in [6.07, 6.45) is 25.2. The first-order valence-corrected chi connectivity index (χ1v) is 10.1. The van der Waals surface area contributed by atoms with Crippen LogP contribution in [0.3, 0.4) is 0 Å². The fraction of sp³-hybridized carbons (Fsp3) is 0.176. The molecule has 2 heteroatoms. The lowest BCUT2D eigenvalue weighted by Gasteiger charge is -2.28. The first-order valence-electron chi connectivity index (χ1n) is 6.64. The molecule has 0 aromatic rings. The molecule has 3 aliphatic rings. The number of hydrogen-bond acceptors (Lipinski definition) is 1. The summed E-state index contributed by atoms with van der Waals surface area (Å²) in [5.74, 6) is 0.